The van der Waals surface area contributed by atoms with Gasteiger partial charge in [-0.1, -0.05) is 26.2 Å². The molecule has 0 saturated heterocycles. The van der Waals surface area contributed by atoms with Crippen molar-refractivity contribution in [2.24, 2.45) is 0 Å². The van der Waals surface area contributed by atoms with Crippen LogP contribution in [0.5, 0.6) is 0 Å². The summed E-state index contributed by atoms with van der Waals surface area (Å²) < 4.78 is 38.0. The number of halogens is 3. The average molecular weight is 379 g/mol. The van der Waals surface area contributed by atoms with Gasteiger partial charge in [-0.25, -0.2) is 0 Å². The third-order valence-electron chi connectivity index (χ3n) is 4.22. The van der Waals surface area contributed by atoms with Crippen molar-refractivity contribution in [3.63, 3.8) is 0 Å². The number of H-pyrrole nitrogens is 1. The second-order valence-corrected chi connectivity index (χ2v) is 7.10. The number of hydrogen-bond donors (Lipinski definition) is 1. The van der Waals surface area contributed by atoms with Crippen LogP contribution in [0.3, 0.4) is 0 Å². The van der Waals surface area contributed by atoms with Gasteiger partial charge in [-0.2, -0.15) is 18.3 Å². The van der Waals surface area contributed by atoms with Crippen molar-refractivity contribution in [1.29, 1.82) is 0 Å². The van der Waals surface area contributed by atoms with Crippen LogP contribution in [-0.2, 0) is 12.6 Å². The fraction of sp³-hybridized carbons (Fsp3) is 0.368. The predicted molar refractivity (Wildman–Crippen MR) is 98.0 cm³/mol. The van der Waals surface area contributed by atoms with Crippen LogP contribution in [0, 0.1) is 0 Å². The molecule has 1 N–H and O–H groups in total. The first-order valence-corrected chi connectivity index (χ1v) is 9.52. The Hall–Kier alpha value is -2.15. The highest BCUT2D eigenvalue weighted by molar-refractivity contribution is 7.13. The van der Waals surface area contributed by atoms with Crippen molar-refractivity contribution in [3.05, 3.63) is 47.1 Å². The third kappa shape index (κ3) is 4.33. The summed E-state index contributed by atoms with van der Waals surface area (Å²) in [5.74, 6) is 0. The summed E-state index contributed by atoms with van der Waals surface area (Å²) >= 11 is 1.67. The molecule has 3 aromatic heterocycles. The second kappa shape index (κ2) is 8.03. The van der Waals surface area contributed by atoms with E-state index in [0.717, 1.165) is 24.5 Å². The summed E-state index contributed by atoms with van der Waals surface area (Å²) in [4.78, 5) is 5.49. The maximum Gasteiger partial charge on any atom is 0.432 e. The van der Waals surface area contributed by atoms with Gasteiger partial charge in [0.15, 0.2) is 0 Å². The Morgan fingerprint density at radius 3 is 2.58 bits per heavy atom. The first-order chi connectivity index (χ1) is 12.5. The average Bonchev–Trinajstić information content (AvgIpc) is 3.28. The van der Waals surface area contributed by atoms with Crippen LogP contribution in [0.15, 0.2) is 35.8 Å². The Morgan fingerprint density at radius 2 is 1.92 bits per heavy atom. The standard InChI is InChI=1S/C19H20F3N3S/c1-2-3-4-5-6-13-9-10-26-18(13)14-7-8-15(23-12-14)16-11-17(25-24-16)19(20,21)22/h7-12H,2-6H2,1H3,(H,24,25). The van der Waals surface area contributed by atoms with E-state index >= 15 is 0 Å². The molecule has 138 valence electrons. The van der Waals surface area contributed by atoms with Gasteiger partial charge in [-0.05, 0) is 48.1 Å². The normalized spacial score (nSPS) is 11.8. The van der Waals surface area contributed by atoms with Crippen LogP contribution >= 0.6 is 11.3 Å². The van der Waals surface area contributed by atoms with Crippen LogP contribution in [0.1, 0.15) is 43.9 Å². The SMILES string of the molecule is CCCCCCc1ccsc1-c1ccc(-c2cc(C(F)(F)F)[nH]n2)nc1. The van der Waals surface area contributed by atoms with E-state index in [0.29, 0.717) is 5.69 Å². The minimum atomic E-state index is -4.44. The number of thiophene rings is 1. The van der Waals surface area contributed by atoms with Gasteiger partial charge in [0.05, 0.1) is 5.69 Å². The molecule has 0 atom stereocenters. The lowest BCUT2D eigenvalue weighted by atomic mass is 10.0. The van der Waals surface area contributed by atoms with E-state index in [1.54, 1.807) is 23.6 Å². The quantitative estimate of drug-likeness (QED) is 0.487. The zero-order valence-corrected chi connectivity index (χ0v) is 15.3. The van der Waals surface area contributed by atoms with Gasteiger partial charge < -0.3 is 0 Å². The van der Waals surface area contributed by atoms with Crippen LogP contribution in [0.2, 0.25) is 0 Å². The van der Waals surface area contributed by atoms with E-state index < -0.39 is 11.9 Å². The molecule has 26 heavy (non-hydrogen) atoms. The van der Waals surface area contributed by atoms with E-state index in [1.807, 2.05) is 11.2 Å². The molecule has 3 nitrogen and oxygen atoms in total. The van der Waals surface area contributed by atoms with Crippen LogP contribution in [0.4, 0.5) is 13.2 Å². The summed E-state index contributed by atoms with van der Waals surface area (Å²) in [6.45, 7) is 2.19. The molecule has 0 fully saturated rings. The van der Waals surface area contributed by atoms with E-state index in [1.165, 1.54) is 29.7 Å². The highest BCUT2D eigenvalue weighted by atomic mass is 32.1. The Kier molecular flexibility index (Phi) is 5.76. The van der Waals surface area contributed by atoms with E-state index in [4.69, 9.17) is 0 Å². The van der Waals surface area contributed by atoms with Crippen molar-refractivity contribution < 1.29 is 13.2 Å². The van der Waals surface area contributed by atoms with Gasteiger partial charge >= 0.3 is 6.18 Å². The first kappa shape index (κ1) is 18.6. The Balaban J connectivity index is 1.74. The number of rotatable bonds is 7. The van der Waals surface area contributed by atoms with E-state index in [2.05, 4.69) is 28.5 Å². The smallest absolute Gasteiger partial charge is 0.273 e. The Labute approximate surface area is 154 Å². The highest BCUT2D eigenvalue weighted by Crippen LogP contribution is 2.33. The first-order valence-electron chi connectivity index (χ1n) is 8.65. The minimum Gasteiger partial charge on any atom is -0.273 e. The number of alkyl halides is 3. The molecule has 3 aromatic rings. The molecular formula is C19H20F3N3S. The summed E-state index contributed by atoms with van der Waals surface area (Å²) in [5, 5.41) is 7.80. The summed E-state index contributed by atoms with van der Waals surface area (Å²) in [6, 6.07) is 6.73. The van der Waals surface area contributed by atoms with Crippen molar-refractivity contribution in [2.75, 3.05) is 0 Å². The number of unbranched alkanes of at least 4 members (excludes halogenated alkanes) is 3. The van der Waals surface area contributed by atoms with E-state index in [-0.39, 0.29) is 5.69 Å². The molecule has 0 saturated carbocycles. The number of aromatic amines is 1. The van der Waals surface area contributed by atoms with Gasteiger partial charge in [0.25, 0.3) is 0 Å². The third-order valence-corrected chi connectivity index (χ3v) is 5.22. The lowest BCUT2D eigenvalue weighted by Gasteiger charge is -2.05. The summed E-state index contributed by atoms with van der Waals surface area (Å²) in [7, 11) is 0. The fourth-order valence-corrected chi connectivity index (χ4v) is 3.75. The number of aromatic nitrogens is 3. The molecule has 3 heterocycles. The number of aryl methyl sites for hydroxylation is 1. The van der Waals surface area contributed by atoms with Crippen LogP contribution < -0.4 is 0 Å². The lowest BCUT2D eigenvalue weighted by molar-refractivity contribution is -0.141. The van der Waals surface area contributed by atoms with Gasteiger partial charge in [-0.3, -0.25) is 10.1 Å². The molecule has 0 bridgehead atoms. The maximum absolute atomic E-state index is 12.7. The Morgan fingerprint density at radius 1 is 1.08 bits per heavy atom. The van der Waals surface area contributed by atoms with Gasteiger partial charge in [0, 0.05) is 16.6 Å². The van der Waals surface area contributed by atoms with Crippen molar-refractivity contribution >= 4 is 11.3 Å². The maximum atomic E-state index is 12.7. The number of nitrogens with zero attached hydrogens (tertiary/aromatic N) is 2. The Bertz CT molecular complexity index is 834. The molecule has 0 aliphatic heterocycles. The fourth-order valence-electron chi connectivity index (χ4n) is 2.81. The van der Waals surface area contributed by atoms with Gasteiger partial charge in [-0.15, -0.1) is 11.3 Å². The number of pyridine rings is 1. The molecule has 7 heteroatoms. The number of hydrogen-bond acceptors (Lipinski definition) is 3. The van der Waals surface area contributed by atoms with E-state index in [9.17, 15) is 13.2 Å². The highest BCUT2D eigenvalue weighted by Gasteiger charge is 2.33. The zero-order valence-electron chi connectivity index (χ0n) is 14.4. The van der Waals surface area contributed by atoms with Crippen LogP contribution in [0.25, 0.3) is 21.8 Å². The minimum absolute atomic E-state index is 0.190. The molecule has 0 aromatic carbocycles. The largest absolute Gasteiger partial charge is 0.432 e. The molecule has 0 radical (unpaired) electrons. The molecule has 0 unspecified atom stereocenters. The second-order valence-electron chi connectivity index (χ2n) is 6.18. The van der Waals surface area contributed by atoms with Crippen molar-refractivity contribution in [2.45, 2.75) is 45.2 Å². The molecular weight excluding hydrogens is 359 g/mol. The molecule has 3 rings (SSSR count). The molecule has 0 spiro atoms. The molecule has 0 aliphatic carbocycles. The predicted octanol–water partition coefficient (Wildman–Crippen LogP) is 6.34. The van der Waals surface area contributed by atoms with Crippen LogP contribution in [-0.4, -0.2) is 15.2 Å². The van der Waals surface area contributed by atoms with Crippen molar-refractivity contribution in [1.82, 2.24) is 15.2 Å². The molecule has 0 aliphatic rings. The topological polar surface area (TPSA) is 41.6 Å². The zero-order chi connectivity index (χ0) is 18.6. The summed E-state index contributed by atoms with van der Waals surface area (Å²) in [5.41, 5.74) is 2.03. The van der Waals surface area contributed by atoms with Gasteiger partial charge in [0.1, 0.15) is 11.4 Å². The van der Waals surface area contributed by atoms with Crippen molar-refractivity contribution in [3.8, 4) is 21.8 Å². The summed E-state index contributed by atoms with van der Waals surface area (Å²) in [6.07, 6.45) is 3.16. The molecule has 0 amide bonds. The monoisotopic (exact) mass is 379 g/mol. The number of nitrogens with one attached hydrogen (secondary N) is 1. The lowest BCUT2D eigenvalue weighted by Crippen LogP contribution is -2.04. The van der Waals surface area contributed by atoms with Gasteiger partial charge in [0.2, 0.25) is 0 Å².